The molecule has 2 aromatic rings. The summed E-state index contributed by atoms with van der Waals surface area (Å²) in [6.45, 7) is 0. The van der Waals surface area contributed by atoms with Crippen molar-refractivity contribution in [1.82, 2.24) is 10.3 Å². The molecule has 2 saturated carbocycles. The first kappa shape index (κ1) is 15.7. The molecule has 0 spiro atoms. The molecule has 124 valence electrons. The van der Waals surface area contributed by atoms with E-state index in [-0.39, 0.29) is 11.9 Å². The smallest absolute Gasteiger partial charge is 0.254 e. The van der Waals surface area contributed by atoms with Crippen molar-refractivity contribution in [3.63, 3.8) is 0 Å². The Balaban J connectivity index is 1.42. The Morgan fingerprint density at radius 2 is 1.88 bits per heavy atom. The number of aromatic nitrogens is 1. The van der Waals surface area contributed by atoms with Gasteiger partial charge in [-0.05, 0) is 37.0 Å². The monoisotopic (exact) mass is 338 g/mol. The zero-order valence-corrected chi connectivity index (χ0v) is 14.5. The molecule has 2 aliphatic rings. The van der Waals surface area contributed by atoms with Gasteiger partial charge < -0.3 is 5.32 Å². The van der Waals surface area contributed by atoms with Crippen LogP contribution in [0.3, 0.4) is 0 Å². The number of amides is 1. The van der Waals surface area contributed by atoms with E-state index in [4.69, 9.17) is 0 Å². The number of hydrogen-bond donors (Lipinski definition) is 1. The molecule has 0 radical (unpaired) electrons. The number of nitrogens with zero attached hydrogens (tertiary/aromatic N) is 1. The summed E-state index contributed by atoms with van der Waals surface area (Å²) in [4.78, 5) is 17.2. The molecule has 0 saturated heterocycles. The molecule has 1 amide bonds. The van der Waals surface area contributed by atoms with Crippen molar-refractivity contribution >= 4 is 17.7 Å². The zero-order chi connectivity index (χ0) is 16.4. The fourth-order valence-corrected chi connectivity index (χ4v) is 4.79. The van der Waals surface area contributed by atoms with Crippen LogP contribution in [0.1, 0.15) is 53.9 Å². The first-order valence-electron chi connectivity index (χ1n) is 8.79. The number of hydrogen-bond acceptors (Lipinski definition) is 3. The molecule has 4 heteroatoms. The Bertz CT molecular complexity index is 713. The summed E-state index contributed by atoms with van der Waals surface area (Å²) in [6, 6.07) is 14.4. The predicted octanol–water partition coefficient (Wildman–Crippen LogP) is 4.40. The largest absolute Gasteiger partial charge is 0.349 e. The first-order chi connectivity index (χ1) is 11.8. The van der Waals surface area contributed by atoms with Crippen LogP contribution < -0.4 is 5.32 Å². The maximum absolute atomic E-state index is 12.7. The van der Waals surface area contributed by atoms with Gasteiger partial charge in [-0.3, -0.25) is 4.79 Å². The van der Waals surface area contributed by atoms with Crippen LogP contribution in [0, 0.1) is 0 Å². The Hall–Kier alpha value is -1.81. The van der Waals surface area contributed by atoms with E-state index in [0.29, 0.717) is 11.2 Å². The van der Waals surface area contributed by atoms with Crippen LogP contribution in [0.25, 0.3) is 0 Å². The first-order valence-corrected chi connectivity index (χ1v) is 9.67. The molecule has 1 heterocycles. The van der Waals surface area contributed by atoms with Crippen molar-refractivity contribution in [3.05, 3.63) is 59.8 Å². The van der Waals surface area contributed by atoms with Gasteiger partial charge in [0.05, 0.1) is 5.56 Å². The van der Waals surface area contributed by atoms with E-state index in [1.165, 1.54) is 31.2 Å². The van der Waals surface area contributed by atoms with Crippen molar-refractivity contribution in [3.8, 4) is 0 Å². The number of benzene rings is 1. The Morgan fingerprint density at radius 1 is 1.08 bits per heavy atom. The predicted molar refractivity (Wildman–Crippen MR) is 97.4 cm³/mol. The van der Waals surface area contributed by atoms with E-state index in [1.54, 1.807) is 18.0 Å². The van der Waals surface area contributed by atoms with Gasteiger partial charge in [0.2, 0.25) is 0 Å². The van der Waals surface area contributed by atoms with Crippen molar-refractivity contribution in [2.45, 2.75) is 54.3 Å². The third kappa shape index (κ3) is 3.48. The molecular formula is C20H22N2OS. The van der Waals surface area contributed by atoms with Gasteiger partial charge in [0, 0.05) is 23.4 Å². The third-order valence-electron chi connectivity index (χ3n) is 4.93. The number of carbonyl (C=O) groups is 1. The molecule has 24 heavy (non-hydrogen) atoms. The Morgan fingerprint density at radius 3 is 2.67 bits per heavy atom. The van der Waals surface area contributed by atoms with Gasteiger partial charge in [-0.1, -0.05) is 43.2 Å². The maximum atomic E-state index is 12.7. The second-order valence-electron chi connectivity index (χ2n) is 6.71. The lowest BCUT2D eigenvalue weighted by molar-refractivity contribution is 0.0946. The molecule has 2 fully saturated rings. The highest BCUT2D eigenvalue weighted by molar-refractivity contribution is 7.99. The second kappa shape index (κ2) is 6.98. The second-order valence-corrected chi connectivity index (χ2v) is 8.00. The van der Waals surface area contributed by atoms with Crippen LogP contribution in [0.15, 0.2) is 53.7 Å². The van der Waals surface area contributed by atoms with Crippen molar-refractivity contribution in [1.29, 1.82) is 0 Å². The normalized spacial score (nSPS) is 23.2. The molecule has 1 aromatic carbocycles. The molecular weight excluding hydrogens is 316 g/mol. The molecule has 0 bridgehead atoms. The highest BCUT2D eigenvalue weighted by atomic mass is 32.2. The van der Waals surface area contributed by atoms with Gasteiger partial charge in [-0.2, -0.15) is 0 Å². The minimum Gasteiger partial charge on any atom is -0.349 e. The molecule has 0 unspecified atom stereocenters. The fraction of sp³-hybridized carbons (Fsp3) is 0.400. The summed E-state index contributed by atoms with van der Waals surface area (Å²) in [7, 11) is 0. The minimum atomic E-state index is 0.0204. The van der Waals surface area contributed by atoms with Crippen LogP contribution in [-0.4, -0.2) is 22.2 Å². The van der Waals surface area contributed by atoms with Gasteiger partial charge >= 0.3 is 0 Å². The van der Waals surface area contributed by atoms with Crippen molar-refractivity contribution in [2.24, 2.45) is 0 Å². The van der Waals surface area contributed by atoms with Crippen LogP contribution >= 0.6 is 11.8 Å². The maximum Gasteiger partial charge on any atom is 0.254 e. The molecule has 1 N–H and O–H groups in total. The SMILES string of the molecule is O=C(N[C@@H]1C[C@H]1c1ccccc1)c1cccnc1SC1CCCC1. The molecule has 4 rings (SSSR count). The number of rotatable bonds is 5. The molecule has 1 aromatic heterocycles. The average molecular weight is 338 g/mol. The van der Waals surface area contributed by atoms with E-state index in [2.05, 4.69) is 34.6 Å². The molecule has 3 nitrogen and oxygen atoms in total. The number of thioether (sulfide) groups is 1. The van der Waals surface area contributed by atoms with E-state index in [0.717, 1.165) is 17.0 Å². The summed E-state index contributed by atoms with van der Waals surface area (Å²) in [5.41, 5.74) is 2.04. The number of carbonyl (C=O) groups excluding carboxylic acids is 1. The van der Waals surface area contributed by atoms with Gasteiger partial charge in [0.15, 0.2) is 0 Å². The summed E-state index contributed by atoms with van der Waals surface area (Å²) >= 11 is 1.78. The Kier molecular flexibility index (Phi) is 4.56. The van der Waals surface area contributed by atoms with Gasteiger partial charge in [0.1, 0.15) is 5.03 Å². The van der Waals surface area contributed by atoms with Gasteiger partial charge in [0.25, 0.3) is 5.91 Å². The van der Waals surface area contributed by atoms with Crippen molar-refractivity contribution < 1.29 is 4.79 Å². The van der Waals surface area contributed by atoms with E-state index >= 15 is 0 Å². The number of nitrogens with one attached hydrogen (secondary N) is 1. The van der Waals surface area contributed by atoms with Crippen molar-refractivity contribution in [2.75, 3.05) is 0 Å². The van der Waals surface area contributed by atoms with Crippen LogP contribution in [0.4, 0.5) is 0 Å². The fourth-order valence-electron chi connectivity index (χ4n) is 3.49. The average Bonchev–Trinajstić information content (AvgIpc) is 3.19. The Labute approximate surface area is 147 Å². The molecule has 0 aliphatic heterocycles. The van der Waals surface area contributed by atoms with Gasteiger partial charge in [-0.15, -0.1) is 11.8 Å². The van der Waals surface area contributed by atoms with E-state index in [1.807, 2.05) is 18.2 Å². The number of pyridine rings is 1. The molecule has 2 aliphatic carbocycles. The third-order valence-corrected chi connectivity index (χ3v) is 6.28. The van der Waals surface area contributed by atoms with Gasteiger partial charge in [-0.25, -0.2) is 4.98 Å². The summed E-state index contributed by atoms with van der Waals surface area (Å²) in [5.74, 6) is 0.477. The topological polar surface area (TPSA) is 42.0 Å². The highest BCUT2D eigenvalue weighted by Crippen LogP contribution is 2.41. The lowest BCUT2D eigenvalue weighted by atomic mass is 10.1. The van der Waals surface area contributed by atoms with E-state index < -0.39 is 0 Å². The van der Waals surface area contributed by atoms with Crippen LogP contribution in [0.2, 0.25) is 0 Å². The summed E-state index contributed by atoms with van der Waals surface area (Å²) in [5, 5.41) is 4.69. The minimum absolute atomic E-state index is 0.0204. The highest BCUT2D eigenvalue weighted by Gasteiger charge is 2.39. The van der Waals surface area contributed by atoms with Crippen LogP contribution in [0.5, 0.6) is 0 Å². The quantitative estimate of drug-likeness (QED) is 0.878. The molecule has 2 atom stereocenters. The zero-order valence-electron chi connectivity index (χ0n) is 13.7. The lowest BCUT2D eigenvalue weighted by Gasteiger charge is -2.12. The van der Waals surface area contributed by atoms with Crippen LogP contribution in [-0.2, 0) is 0 Å². The summed E-state index contributed by atoms with van der Waals surface area (Å²) < 4.78 is 0. The summed E-state index contributed by atoms with van der Waals surface area (Å²) in [6.07, 6.45) is 7.89. The van der Waals surface area contributed by atoms with E-state index in [9.17, 15) is 4.79 Å². The lowest BCUT2D eigenvalue weighted by Crippen LogP contribution is -2.27. The standard InChI is InChI=1S/C20H22N2OS/c23-19(22-18-13-17(18)14-7-2-1-3-8-14)16-11-6-12-21-20(16)24-15-9-4-5-10-15/h1-3,6-8,11-12,15,17-18H,4-5,9-10,13H2,(H,22,23)/t17-,18+/m0/s1.